The van der Waals surface area contributed by atoms with Crippen molar-refractivity contribution >= 4 is 23.3 Å². The van der Waals surface area contributed by atoms with Crippen LogP contribution in [0.3, 0.4) is 0 Å². The van der Waals surface area contributed by atoms with E-state index < -0.39 is 23.8 Å². The quantitative estimate of drug-likeness (QED) is 0.777. The van der Waals surface area contributed by atoms with Gasteiger partial charge in [0, 0.05) is 12.6 Å². The SMILES string of the molecule is CC(O)CC(C)(C)CNC(=O)Nc1c(F)cc(F)cc1Cl. The van der Waals surface area contributed by atoms with Crippen LogP contribution < -0.4 is 10.6 Å². The second-order valence-electron chi connectivity index (χ2n) is 5.77. The Labute approximate surface area is 127 Å². The summed E-state index contributed by atoms with van der Waals surface area (Å²) in [5, 5.41) is 14.0. The van der Waals surface area contributed by atoms with Gasteiger partial charge in [-0.3, -0.25) is 0 Å². The van der Waals surface area contributed by atoms with Crippen LogP contribution in [0, 0.1) is 17.0 Å². The summed E-state index contributed by atoms with van der Waals surface area (Å²) in [5.74, 6) is -1.76. The van der Waals surface area contributed by atoms with Crippen molar-refractivity contribution in [3.63, 3.8) is 0 Å². The van der Waals surface area contributed by atoms with E-state index in [0.29, 0.717) is 12.5 Å². The van der Waals surface area contributed by atoms with Gasteiger partial charge in [0.2, 0.25) is 0 Å². The average Bonchev–Trinajstić information content (AvgIpc) is 2.29. The molecular weight excluding hydrogens is 302 g/mol. The van der Waals surface area contributed by atoms with Crippen LogP contribution in [-0.4, -0.2) is 23.8 Å². The minimum absolute atomic E-state index is 0.217. The highest BCUT2D eigenvalue weighted by Crippen LogP contribution is 2.26. The van der Waals surface area contributed by atoms with Gasteiger partial charge < -0.3 is 15.7 Å². The van der Waals surface area contributed by atoms with Crippen molar-refractivity contribution in [1.82, 2.24) is 5.32 Å². The molecule has 0 radical (unpaired) electrons. The molecule has 0 fully saturated rings. The molecule has 1 aromatic carbocycles. The Kier molecular flexibility index (Phi) is 5.92. The molecule has 0 heterocycles. The molecule has 2 amide bonds. The van der Waals surface area contributed by atoms with Gasteiger partial charge >= 0.3 is 6.03 Å². The van der Waals surface area contributed by atoms with Crippen molar-refractivity contribution < 1.29 is 18.7 Å². The highest BCUT2D eigenvalue weighted by molar-refractivity contribution is 6.33. The first-order valence-electron chi connectivity index (χ1n) is 6.48. The first-order valence-corrected chi connectivity index (χ1v) is 6.86. The molecule has 118 valence electrons. The Balaban J connectivity index is 2.63. The number of benzene rings is 1. The molecule has 0 bridgehead atoms. The average molecular weight is 321 g/mol. The lowest BCUT2D eigenvalue weighted by Crippen LogP contribution is -2.38. The van der Waals surface area contributed by atoms with Crippen LogP contribution in [0.4, 0.5) is 19.3 Å². The maximum absolute atomic E-state index is 13.5. The number of halogens is 3. The Hall–Kier alpha value is -1.40. The highest BCUT2D eigenvalue weighted by atomic mass is 35.5. The Morgan fingerprint density at radius 1 is 1.43 bits per heavy atom. The lowest BCUT2D eigenvalue weighted by molar-refractivity contribution is 0.129. The van der Waals surface area contributed by atoms with Crippen LogP contribution >= 0.6 is 11.6 Å². The number of urea groups is 1. The van der Waals surface area contributed by atoms with Crippen molar-refractivity contribution in [2.45, 2.75) is 33.3 Å². The molecule has 0 aromatic heterocycles. The van der Waals surface area contributed by atoms with Gasteiger partial charge in [0.05, 0.1) is 16.8 Å². The van der Waals surface area contributed by atoms with Gasteiger partial charge in [-0.05, 0) is 24.8 Å². The molecule has 1 atom stereocenters. The number of aliphatic hydroxyl groups is 1. The summed E-state index contributed by atoms with van der Waals surface area (Å²) in [6.07, 6.45) is 0.00715. The third kappa shape index (κ3) is 5.85. The van der Waals surface area contributed by atoms with Gasteiger partial charge in [0.15, 0.2) is 5.82 Å². The normalized spacial score (nSPS) is 12.9. The maximum atomic E-state index is 13.5. The van der Waals surface area contributed by atoms with Gasteiger partial charge in [0.25, 0.3) is 0 Å². The molecule has 0 saturated heterocycles. The molecule has 1 aromatic rings. The second-order valence-corrected chi connectivity index (χ2v) is 6.18. The van der Waals surface area contributed by atoms with E-state index in [1.54, 1.807) is 6.92 Å². The number of carbonyl (C=O) groups excluding carboxylic acids is 1. The van der Waals surface area contributed by atoms with Crippen molar-refractivity contribution in [1.29, 1.82) is 0 Å². The number of hydrogen-bond acceptors (Lipinski definition) is 2. The molecule has 0 aliphatic rings. The van der Waals surface area contributed by atoms with Crippen LogP contribution in [0.1, 0.15) is 27.2 Å². The lowest BCUT2D eigenvalue weighted by Gasteiger charge is -2.26. The van der Waals surface area contributed by atoms with Crippen molar-refractivity contribution in [2.75, 3.05) is 11.9 Å². The van der Waals surface area contributed by atoms with E-state index in [0.717, 1.165) is 6.07 Å². The van der Waals surface area contributed by atoms with Gasteiger partial charge in [0.1, 0.15) is 5.82 Å². The molecule has 0 saturated carbocycles. The smallest absolute Gasteiger partial charge is 0.319 e. The van der Waals surface area contributed by atoms with Crippen LogP contribution in [-0.2, 0) is 0 Å². The first kappa shape index (κ1) is 17.7. The summed E-state index contributed by atoms with van der Waals surface area (Å²) >= 11 is 5.68. The highest BCUT2D eigenvalue weighted by Gasteiger charge is 2.21. The second kappa shape index (κ2) is 7.04. The topological polar surface area (TPSA) is 61.4 Å². The van der Waals surface area contributed by atoms with Gasteiger partial charge in [-0.15, -0.1) is 0 Å². The van der Waals surface area contributed by atoms with Gasteiger partial charge in [-0.2, -0.15) is 0 Å². The predicted octanol–water partition coefficient (Wildman–Crippen LogP) is 3.54. The first-order chi connectivity index (χ1) is 9.60. The molecule has 1 unspecified atom stereocenters. The summed E-state index contributed by atoms with van der Waals surface area (Å²) in [7, 11) is 0. The molecule has 7 heteroatoms. The van der Waals surface area contributed by atoms with Crippen molar-refractivity contribution in [3.8, 4) is 0 Å². The van der Waals surface area contributed by atoms with E-state index in [1.165, 1.54) is 0 Å². The molecule has 1 rings (SSSR count). The predicted molar refractivity (Wildman–Crippen MR) is 78.5 cm³/mol. The van der Waals surface area contributed by atoms with Crippen molar-refractivity contribution in [3.05, 3.63) is 28.8 Å². The molecule has 4 nitrogen and oxygen atoms in total. The third-order valence-corrected chi connectivity index (χ3v) is 3.12. The molecule has 0 aliphatic carbocycles. The summed E-state index contributed by atoms with van der Waals surface area (Å²) in [4.78, 5) is 11.7. The minimum Gasteiger partial charge on any atom is -0.393 e. The van der Waals surface area contributed by atoms with Gasteiger partial charge in [-0.1, -0.05) is 25.4 Å². The van der Waals surface area contributed by atoms with Crippen LogP contribution in [0.25, 0.3) is 0 Å². The van der Waals surface area contributed by atoms with Crippen LogP contribution in [0.2, 0.25) is 5.02 Å². The third-order valence-electron chi connectivity index (χ3n) is 2.82. The molecular formula is C14H19ClF2N2O2. The van der Waals surface area contributed by atoms with E-state index in [9.17, 15) is 18.7 Å². The number of aliphatic hydroxyl groups excluding tert-OH is 1. The van der Waals surface area contributed by atoms with E-state index in [1.807, 2.05) is 13.8 Å². The number of hydrogen-bond donors (Lipinski definition) is 3. The maximum Gasteiger partial charge on any atom is 0.319 e. The number of amides is 2. The Morgan fingerprint density at radius 3 is 2.57 bits per heavy atom. The zero-order valence-electron chi connectivity index (χ0n) is 12.1. The fourth-order valence-electron chi connectivity index (χ4n) is 2.01. The zero-order valence-corrected chi connectivity index (χ0v) is 12.9. The van der Waals surface area contributed by atoms with Crippen LogP contribution in [0.5, 0.6) is 0 Å². The van der Waals surface area contributed by atoms with Gasteiger partial charge in [-0.25, -0.2) is 13.6 Å². The fraction of sp³-hybridized carbons (Fsp3) is 0.500. The van der Waals surface area contributed by atoms with Crippen molar-refractivity contribution in [2.24, 2.45) is 5.41 Å². The van der Waals surface area contributed by atoms with E-state index >= 15 is 0 Å². The minimum atomic E-state index is -0.946. The number of anilines is 1. The molecule has 21 heavy (non-hydrogen) atoms. The molecule has 0 aliphatic heterocycles. The Bertz CT molecular complexity index is 499. The lowest BCUT2D eigenvalue weighted by atomic mass is 9.87. The van der Waals surface area contributed by atoms with E-state index in [4.69, 9.17) is 11.6 Å². The van der Waals surface area contributed by atoms with Crippen LogP contribution in [0.15, 0.2) is 12.1 Å². The number of carbonyl (C=O) groups is 1. The largest absolute Gasteiger partial charge is 0.393 e. The fourth-order valence-corrected chi connectivity index (χ4v) is 2.25. The van der Waals surface area contributed by atoms with E-state index in [2.05, 4.69) is 10.6 Å². The summed E-state index contributed by atoms with van der Waals surface area (Å²) in [5.41, 5.74) is -0.597. The summed E-state index contributed by atoms with van der Waals surface area (Å²) < 4.78 is 26.4. The Morgan fingerprint density at radius 2 is 2.05 bits per heavy atom. The molecule has 3 N–H and O–H groups in total. The summed E-state index contributed by atoms with van der Waals surface area (Å²) in [6, 6.07) is 0.900. The number of rotatable bonds is 5. The standard InChI is InChI=1S/C14H19ClF2N2O2/c1-8(20)6-14(2,3)7-18-13(21)19-12-10(15)4-9(16)5-11(12)17/h4-5,8,20H,6-7H2,1-3H3,(H2,18,19,21). The zero-order chi connectivity index (χ0) is 16.2. The number of nitrogens with one attached hydrogen (secondary N) is 2. The monoisotopic (exact) mass is 320 g/mol. The van der Waals surface area contributed by atoms with E-state index in [-0.39, 0.29) is 22.7 Å². The molecule has 0 spiro atoms. The summed E-state index contributed by atoms with van der Waals surface area (Å²) in [6.45, 7) is 5.70.